The van der Waals surface area contributed by atoms with Crippen LogP contribution in [0.15, 0.2) is 146 Å². The predicted molar refractivity (Wildman–Crippen MR) is 213 cm³/mol. The molecule has 0 radical (unpaired) electrons. The van der Waals surface area contributed by atoms with Crippen molar-refractivity contribution in [3.05, 3.63) is 176 Å². The number of anilines is 4. The van der Waals surface area contributed by atoms with Gasteiger partial charge in [0.2, 0.25) is 0 Å². The van der Waals surface area contributed by atoms with E-state index in [9.17, 15) is 0 Å². The summed E-state index contributed by atoms with van der Waals surface area (Å²) >= 11 is 0. The van der Waals surface area contributed by atoms with Crippen LogP contribution in [0.2, 0.25) is 0 Å². The molecule has 0 unspecified atom stereocenters. The number of aryl methyl sites for hydroxylation is 1. The van der Waals surface area contributed by atoms with E-state index in [1.54, 1.807) is 0 Å². The van der Waals surface area contributed by atoms with Crippen LogP contribution in [0.5, 0.6) is 11.5 Å². The summed E-state index contributed by atoms with van der Waals surface area (Å²) in [5, 5.41) is 2.00. The van der Waals surface area contributed by atoms with Gasteiger partial charge in [0.1, 0.15) is 5.82 Å². The van der Waals surface area contributed by atoms with E-state index in [1.807, 2.05) is 95.6 Å². The molecule has 8 aromatic rings. The molecule has 0 saturated carbocycles. The number of fused-ring (bicyclic) bond motifs is 4. The Morgan fingerprint density at radius 2 is 1.45 bits per heavy atom. The summed E-state index contributed by atoms with van der Waals surface area (Å²) < 4.78 is 33.3. The van der Waals surface area contributed by atoms with Gasteiger partial charge in [-0.1, -0.05) is 99.1 Å². The Morgan fingerprint density at radius 1 is 0.698 bits per heavy atom. The van der Waals surface area contributed by atoms with E-state index >= 15 is 0 Å². The number of hydrogen-bond donors (Lipinski definition) is 0. The Bertz CT molecular complexity index is 2710. The van der Waals surface area contributed by atoms with Crippen molar-refractivity contribution in [2.75, 3.05) is 9.80 Å². The van der Waals surface area contributed by atoms with E-state index in [0.717, 1.165) is 50.1 Å². The largest absolute Gasteiger partial charge is 0.509 e. The van der Waals surface area contributed by atoms with E-state index in [1.165, 1.54) is 11.8 Å². The van der Waals surface area contributed by atoms with Gasteiger partial charge in [-0.2, -0.15) is 12.1 Å². The minimum atomic E-state index is -2.33. The van der Waals surface area contributed by atoms with E-state index in [-0.39, 0.29) is 32.0 Å². The van der Waals surface area contributed by atoms with Gasteiger partial charge in [0.25, 0.3) is 0 Å². The van der Waals surface area contributed by atoms with Crippen LogP contribution in [0.3, 0.4) is 0 Å². The maximum Gasteiger partial charge on any atom is 0.136 e. The van der Waals surface area contributed by atoms with Crippen molar-refractivity contribution in [2.24, 2.45) is 0 Å². The van der Waals surface area contributed by atoms with Crippen LogP contribution in [-0.2, 0) is 26.5 Å². The summed E-state index contributed by atoms with van der Waals surface area (Å²) in [6, 6.07) is 53.4. The molecule has 0 aliphatic carbocycles. The SMILES string of the molecule is [2H]C([2H])([2H])c1cnc(-n2c3[c-]c(Oc4[c-]c(N5[CH-]N(c6ccccc6)c6cc(C(C)(C)C)ccc65)ccc4)ccc3c3ccccc32)cc1-c1ccccc1.[Pt]. The third-order valence-electron chi connectivity index (χ3n) is 9.62. The first-order valence-corrected chi connectivity index (χ1v) is 17.4. The van der Waals surface area contributed by atoms with Crippen molar-refractivity contribution in [1.82, 2.24) is 9.55 Å². The van der Waals surface area contributed by atoms with E-state index in [2.05, 4.69) is 97.9 Å². The summed E-state index contributed by atoms with van der Waals surface area (Å²) in [4.78, 5) is 9.09. The van der Waals surface area contributed by atoms with Crippen LogP contribution in [-0.4, -0.2) is 9.55 Å². The molecule has 1 aliphatic heterocycles. The number of aromatic nitrogens is 2. The van der Waals surface area contributed by atoms with Crippen LogP contribution in [0.1, 0.15) is 36.0 Å². The molecule has 0 N–H and O–H groups in total. The molecule has 6 aromatic carbocycles. The van der Waals surface area contributed by atoms with Crippen LogP contribution in [0.4, 0.5) is 22.7 Å². The van der Waals surface area contributed by atoms with Crippen LogP contribution < -0.4 is 14.5 Å². The number of rotatable bonds is 6. The molecule has 0 fully saturated rings. The summed E-state index contributed by atoms with van der Waals surface area (Å²) in [7, 11) is 0. The second-order valence-corrected chi connectivity index (χ2v) is 14.0. The molecule has 0 amide bonds. The predicted octanol–water partition coefficient (Wildman–Crippen LogP) is 12.3. The molecule has 53 heavy (non-hydrogen) atoms. The summed E-state index contributed by atoms with van der Waals surface area (Å²) in [6.45, 7) is 6.46. The fourth-order valence-electron chi connectivity index (χ4n) is 6.96. The Hall–Kier alpha value is -5.64. The Kier molecular flexibility index (Phi) is 8.01. The molecule has 0 spiro atoms. The fraction of sp³-hybridized carbons (Fsp3) is 0.106. The molecular formula is C47H37N4OPt-3. The topological polar surface area (TPSA) is 33.5 Å². The van der Waals surface area contributed by atoms with E-state index in [4.69, 9.17) is 13.8 Å². The van der Waals surface area contributed by atoms with Gasteiger partial charge in [0, 0.05) is 65.5 Å². The van der Waals surface area contributed by atoms with Crippen molar-refractivity contribution in [1.29, 1.82) is 0 Å². The minimum Gasteiger partial charge on any atom is -0.509 e. The van der Waals surface area contributed by atoms with Gasteiger partial charge >= 0.3 is 0 Å². The molecular weight excluding hydrogens is 832 g/mol. The molecule has 5 nitrogen and oxygen atoms in total. The Balaban J connectivity index is 0.00000441. The van der Waals surface area contributed by atoms with Gasteiger partial charge in [-0.05, 0) is 76.3 Å². The van der Waals surface area contributed by atoms with E-state index < -0.39 is 6.85 Å². The normalized spacial score (nSPS) is 13.7. The van der Waals surface area contributed by atoms with Crippen LogP contribution in [0, 0.1) is 25.7 Å². The molecule has 0 bridgehead atoms. The van der Waals surface area contributed by atoms with Gasteiger partial charge in [0.15, 0.2) is 0 Å². The molecule has 264 valence electrons. The summed E-state index contributed by atoms with van der Waals surface area (Å²) in [6.07, 6.45) is 1.47. The first-order valence-electron chi connectivity index (χ1n) is 18.9. The molecule has 9 rings (SSSR count). The van der Waals surface area contributed by atoms with Gasteiger partial charge in [-0.25, -0.2) is 4.98 Å². The zero-order chi connectivity index (χ0) is 37.9. The van der Waals surface area contributed by atoms with Gasteiger partial charge < -0.3 is 19.1 Å². The average Bonchev–Trinajstić information content (AvgIpc) is 3.73. The molecule has 3 heterocycles. The number of pyridine rings is 1. The molecule has 6 heteroatoms. The summed E-state index contributed by atoms with van der Waals surface area (Å²) in [5.74, 6) is 1.64. The van der Waals surface area contributed by atoms with Crippen molar-refractivity contribution in [3.8, 4) is 28.4 Å². The Morgan fingerprint density at radius 3 is 2.25 bits per heavy atom. The zero-order valence-corrected chi connectivity index (χ0v) is 31.7. The van der Waals surface area contributed by atoms with Gasteiger partial charge in [-0.3, -0.25) is 0 Å². The third kappa shape index (κ3) is 6.30. The van der Waals surface area contributed by atoms with Crippen molar-refractivity contribution < 1.29 is 29.9 Å². The standard InChI is InChI=1S/C47H37N4O.Pt/c1-32-30-48-46(29-41(32)33-14-7-5-8-15-33)51-42-21-12-11-20-39(42)40-24-23-38(28-44(40)51)52-37-19-13-18-36(27-37)50-31-49(35-16-9-6-10-17-35)45-26-34(47(2,3)4)22-25-43(45)50;/h5-26,29-31H,1-4H3;/q-3;/i1D3;. The number of ether oxygens (including phenoxy) is 1. The third-order valence-corrected chi connectivity index (χ3v) is 9.62. The van der Waals surface area contributed by atoms with Crippen molar-refractivity contribution in [3.63, 3.8) is 0 Å². The van der Waals surface area contributed by atoms with Crippen molar-refractivity contribution in [2.45, 2.75) is 33.0 Å². The second kappa shape index (κ2) is 13.7. The maximum atomic E-state index is 8.24. The molecule has 0 saturated heterocycles. The number of nitrogens with zero attached hydrogens (tertiary/aromatic N) is 4. The fourth-order valence-corrected chi connectivity index (χ4v) is 6.96. The van der Waals surface area contributed by atoms with Crippen molar-refractivity contribution >= 4 is 44.6 Å². The van der Waals surface area contributed by atoms with Crippen LogP contribution in [0.25, 0.3) is 38.8 Å². The van der Waals surface area contributed by atoms with Crippen LogP contribution >= 0.6 is 0 Å². The zero-order valence-electron chi connectivity index (χ0n) is 32.4. The number of hydrogen-bond acceptors (Lipinski definition) is 4. The average molecular weight is 872 g/mol. The number of para-hydroxylation sites is 2. The first kappa shape index (κ1) is 30.9. The van der Waals surface area contributed by atoms with Gasteiger partial charge in [-0.15, -0.1) is 48.1 Å². The van der Waals surface area contributed by atoms with Gasteiger partial charge in [0.05, 0.1) is 0 Å². The molecule has 1 aliphatic rings. The monoisotopic (exact) mass is 871 g/mol. The summed E-state index contributed by atoms with van der Waals surface area (Å²) in [5.41, 5.74) is 8.61. The second-order valence-electron chi connectivity index (χ2n) is 14.0. The quantitative estimate of drug-likeness (QED) is 0.156. The Labute approximate surface area is 329 Å². The number of benzene rings is 6. The molecule has 2 aromatic heterocycles. The minimum absolute atomic E-state index is 0. The first-order chi connectivity index (χ1) is 26.5. The van der Waals surface area contributed by atoms with E-state index in [0.29, 0.717) is 22.9 Å². The maximum absolute atomic E-state index is 8.24. The smallest absolute Gasteiger partial charge is 0.136 e. The molecule has 0 atom stereocenters.